The summed E-state index contributed by atoms with van der Waals surface area (Å²) < 4.78 is 16.0. The molecule has 1 fully saturated rings. The highest BCUT2D eigenvalue weighted by Gasteiger charge is 2.38. The van der Waals surface area contributed by atoms with E-state index in [1.165, 1.54) is 0 Å². The number of methoxy groups -OCH3 is 1. The van der Waals surface area contributed by atoms with Crippen LogP contribution in [0.25, 0.3) is 0 Å². The number of ether oxygens (including phenoxy) is 2. The van der Waals surface area contributed by atoms with Crippen LogP contribution in [0.3, 0.4) is 0 Å². The van der Waals surface area contributed by atoms with Crippen molar-refractivity contribution < 1.29 is 14.0 Å². The number of nitrogens with two attached hydrogens (primary N) is 1. The van der Waals surface area contributed by atoms with Gasteiger partial charge in [-0.2, -0.15) is 4.98 Å². The molecule has 1 aliphatic heterocycles. The van der Waals surface area contributed by atoms with Crippen molar-refractivity contribution in [3.63, 3.8) is 0 Å². The van der Waals surface area contributed by atoms with Gasteiger partial charge < -0.3 is 19.7 Å². The fourth-order valence-corrected chi connectivity index (χ4v) is 2.16. The Balaban J connectivity index is 2.12. The first kappa shape index (κ1) is 13.5. The molecule has 6 nitrogen and oxygen atoms in total. The Morgan fingerprint density at radius 3 is 2.78 bits per heavy atom. The topological polar surface area (TPSA) is 83.4 Å². The summed E-state index contributed by atoms with van der Waals surface area (Å²) in [4.78, 5) is 4.47. The molecule has 0 spiro atoms. The van der Waals surface area contributed by atoms with Crippen LogP contribution >= 0.6 is 0 Å². The molecule has 1 saturated heterocycles. The second-order valence-electron chi connectivity index (χ2n) is 4.86. The van der Waals surface area contributed by atoms with Gasteiger partial charge in [0.15, 0.2) is 5.82 Å². The van der Waals surface area contributed by atoms with Gasteiger partial charge in [0.25, 0.3) is 0 Å². The summed E-state index contributed by atoms with van der Waals surface area (Å²) in [5.41, 5.74) is 5.69. The maximum absolute atomic E-state index is 5.90. The molecule has 1 aliphatic rings. The monoisotopic (exact) mass is 255 g/mol. The number of rotatable bonds is 5. The summed E-state index contributed by atoms with van der Waals surface area (Å²) in [6.07, 6.45) is 2.41. The Labute approximate surface area is 107 Å². The van der Waals surface area contributed by atoms with Crippen molar-refractivity contribution in [3.05, 3.63) is 11.7 Å². The fraction of sp³-hybridized carbons (Fsp3) is 0.833. The predicted molar refractivity (Wildman–Crippen MR) is 65.3 cm³/mol. The van der Waals surface area contributed by atoms with E-state index in [1.807, 2.05) is 6.92 Å². The van der Waals surface area contributed by atoms with E-state index < -0.39 is 0 Å². The molecule has 1 aromatic heterocycles. The van der Waals surface area contributed by atoms with E-state index in [1.54, 1.807) is 7.11 Å². The summed E-state index contributed by atoms with van der Waals surface area (Å²) >= 11 is 0. The fourth-order valence-electron chi connectivity index (χ4n) is 2.16. The molecular formula is C12H21N3O3. The Morgan fingerprint density at radius 1 is 1.44 bits per heavy atom. The third-order valence-electron chi connectivity index (χ3n) is 3.63. The number of hydrogen-bond acceptors (Lipinski definition) is 6. The molecule has 0 bridgehead atoms. The first-order chi connectivity index (χ1) is 8.70. The highest BCUT2D eigenvalue weighted by atomic mass is 16.5. The van der Waals surface area contributed by atoms with Gasteiger partial charge in [0.2, 0.25) is 5.89 Å². The second kappa shape index (κ2) is 5.77. The Hall–Kier alpha value is -0.980. The lowest BCUT2D eigenvalue weighted by molar-refractivity contribution is 0.0409. The minimum Gasteiger partial charge on any atom is -0.381 e. The summed E-state index contributed by atoms with van der Waals surface area (Å²) in [7, 11) is 1.67. The molecule has 18 heavy (non-hydrogen) atoms. The quantitative estimate of drug-likeness (QED) is 0.832. The van der Waals surface area contributed by atoms with Crippen LogP contribution in [-0.2, 0) is 21.3 Å². The number of aromatic nitrogens is 2. The minimum absolute atomic E-state index is 0.0824. The van der Waals surface area contributed by atoms with Crippen LogP contribution in [0, 0.1) is 0 Å². The summed E-state index contributed by atoms with van der Waals surface area (Å²) in [5, 5.41) is 4.01. The molecule has 0 saturated carbocycles. The summed E-state index contributed by atoms with van der Waals surface area (Å²) in [5.74, 6) is 1.32. The van der Waals surface area contributed by atoms with E-state index in [4.69, 9.17) is 19.7 Å². The lowest BCUT2D eigenvalue weighted by Gasteiger charge is -2.32. The van der Waals surface area contributed by atoms with Crippen LogP contribution < -0.4 is 5.73 Å². The summed E-state index contributed by atoms with van der Waals surface area (Å²) in [6.45, 7) is 3.88. The van der Waals surface area contributed by atoms with E-state index in [9.17, 15) is 0 Å². The van der Waals surface area contributed by atoms with Crippen LogP contribution in [-0.4, -0.2) is 43.1 Å². The molecule has 6 heteroatoms. The molecule has 2 N–H and O–H groups in total. The van der Waals surface area contributed by atoms with Crippen molar-refractivity contribution >= 4 is 0 Å². The van der Waals surface area contributed by atoms with Crippen LogP contribution in [0.4, 0.5) is 0 Å². The second-order valence-corrected chi connectivity index (χ2v) is 4.86. The SMILES string of the molecule is COC(C)Cc1noc(C2(CN)CCOCC2)n1. The Kier molecular flexibility index (Phi) is 4.31. The third kappa shape index (κ3) is 2.71. The zero-order valence-electron chi connectivity index (χ0n) is 11.0. The molecule has 0 amide bonds. The van der Waals surface area contributed by atoms with Gasteiger partial charge in [-0.05, 0) is 19.8 Å². The summed E-state index contributed by atoms with van der Waals surface area (Å²) in [6, 6.07) is 0. The smallest absolute Gasteiger partial charge is 0.234 e. The molecular weight excluding hydrogens is 234 g/mol. The average Bonchev–Trinajstić information content (AvgIpc) is 2.88. The van der Waals surface area contributed by atoms with Gasteiger partial charge in [0.1, 0.15) is 0 Å². The molecule has 1 atom stereocenters. The maximum Gasteiger partial charge on any atom is 0.234 e. The van der Waals surface area contributed by atoms with Gasteiger partial charge in [-0.1, -0.05) is 5.16 Å². The lowest BCUT2D eigenvalue weighted by atomic mass is 9.80. The van der Waals surface area contributed by atoms with Gasteiger partial charge in [-0.25, -0.2) is 0 Å². The molecule has 2 heterocycles. The van der Waals surface area contributed by atoms with E-state index in [2.05, 4.69) is 10.1 Å². The maximum atomic E-state index is 5.90. The van der Waals surface area contributed by atoms with E-state index >= 15 is 0 Å². The van der Waals surface area contributed by atoms with Crippen molar-refractivity contribution in [2.45, 2.75) is 37.7 Å². The molecule has 0 aromatic carbocycles. The average molecular weight is 255 g/mol. The van der Waals surface area contributed by atoms with Crippen molar-refractivity contribution in [2.75, 3.05) is 26.9 Å². The van der Waals surface area contributed by atoms with Crippen LogP contribution in [0.1, 0.15) is 31.5 Å². The Morgan fingerprint density at radius 2 is 2.17 bits per heavy atom. The van der Waals surface area contributed by atoms with Gasteiger partial charge in [-0.3, -0.25) is 0 Å². The minimum atomic E-state index is -0.209. The van der Waals surface area contributed by atoms with Crippen LogP contribution in [0.2, 0.25) is 0 Å². The van der Waals surface area contributed by atoms with E-state index in [0.717, 1.165) is 12.8 Å². The molecule has 1 unspecified atom stereocenters. The standard InChI is InChI=1S/C12H21N3O3/c1-9(16-2)7-10-14-11(18-15-10)12(8-13)3-5-17-6-4-12/h9H,3-8,13H2,1-2H3. The van der Waals surface area contributed by atoms with Gasteiger partial charge in [0.05, 0.1) is 11.5 Å². The van der Waals surface area contributed by atoms with Crippen molar-refractivity contribution in [3.8, 4) is 0 Å². The van der Waals surface area contributed by atoms with Gasteiger partial charge in [0, 0.05) is 33.3 Å². The van der Waals surface area contributed by atoms with Crippen molar-refractivity contribution in [1.29, 1.82) is 0 Å². The third-order valence-corrected chi connectivity index (χ3v) is 3.63. The van der Waals surface area contributed by atoms with Crippen molar-refractivity contribution in [1.82, 2.24) is 10.1 Å². The van der Waals surface area contributed by atoms with Gasteiger partial charge >= 0.3 is 0 Å². The zero-order chi connectivity index (χ0) is 13.0. The molecule has 0 radical (unpaired) electrons. The van der Waals surface area contributed by atoms with Gasteiger partial charge in [-0.15, -0.1) is 0 Å². The number of nitrogens with zero attached hydrogens (tertiary/aromatic N) is 2. The van der Waals surface area contributed by atoms with E-state index in [0.29, 0.717) is 37.9 Å². The Bertz CT molecular complexity index is 374. The first-order valence-electron chi connectivity index (χ1n) is 6.34. The zero-order valence-corrected chi connectivity index (χ0v) is 11.0. The predicted octanol–water partition coefficient (Wildman–Crippen LogP) is 0.654. The highest BCUT2D eigenvalue weighted by molar-refractivity contribution is 5.08. The van der Waals surface area contributed by atoms with Crippen LogP contribution in [0.5, 0.6) is 0 Å². The van der Waals surface area contributed by atoms with Crippen LogP contribution in [0.15, 0.2) is 4.52 Å². The lowest BCUT2D eigenvalue weighted by Crippen LogP contribution is -2.41. The van der Waals surface area contributed by atoms with E-state index in [-0.39, 0.29) is 11.5 Å². The molecule has 102 valence electrons. The van der Waals surface area contributed by atoms with Crippen molar-refractivity contribution in [2.24, 2.45) is 5.73 Å². The molecule has 2 rings (SSSR count). The molecule has 1 aromatic rings. The molecule has 0 aliphatic carbocycles. The highest BCUT2D eigenvalue weighted by Crippen LogP contribution is 2.32. The normalized spacial score (nSPS) is 20.8. The number of hydrogen-bond donors (Lipinski definition) is 1. The largest absolute Gasteiger partial charge is 0.381 e. The first-order valence-corrected chi connectivity index (χ1v) is 6.34.